The first-order valence-electron chi connectivity index (χ1n) is 5.61. The minimum absolute atomic E-state index is 0.140. The summed E-state index contributed by atoms with van der Waals surface area (Å²) in [7, 11) is 0. The van der Waals surface area contributed by atoms with Crippen molar-refractivity contribution in [3.05, 3.63) is 0 Å². The topological polar surface area (TPSA) is 43.4 Å². The zero-order valence-corrected chi connectivity index (χ0v) is 10.0. The van der Waals surface area contributed by atoms with E-state index in [1.165, 1.54) is 0 Å². The molecule has 1 fully saturated rings. The van der Waals surface area contributed by atoms with Crippen LogP contribution in [-0.4, -0.2) is 18.4 Å². The monoisotopic (exact) mass is 212 g/mol. The highest BCUT2D eigenvalue weighted by atomic mass is 16.5. The Morgan fingerprint density at radius 3 is 2.60 bits per heavy atom. The second kappa shape index (κ2) is 4.33. The third kappa shape index (κ3) is 2.39. The van der Waals surface area contributed by atoms with Gasteiger partial charge in [-0.1, -0.05) is 20.8 Å². The van der Waals surface area contributed by atoms with Crippen LogP contribution >= 0.6 is 0 Å². The molecule has 3 heteroatoms. The molecule has 0 bridgehead atoms. The molecule has 0 radical (unpaired) electrons. The Morgan fingerprint density at radius 2 is 2.20 bits per heavy atom. The second-order valence-electron chi connectivity index (χ2n) is 4.93. The molecule has 1 aliphatic carbocycles. The van der Waals surface area contributed by atoms with Crippen molar-refractivity contribution in [3.63, 3.8) is 0 Å². The van der Waals surface area contributed by atoms with Gasteiger partial charge in [0.05, 0.1) is 12.5 Å². The van der Waals surface area contributed by atoms with E-state index in [4.69, 9.17) is 4.74 Å². The molecule has 3 nitrogen and oxygen atoms in total. The van der Waals surface area contributed by atoms with Gasteiger partial charge < -0.3 is 4.74 Å². The van der Waals surface area contributed by atoms with E-state index in [0.29, 0.717) is 6.61 Å². The Kier molecular flexibility index (Phi) is 3.53. The molecule has 15 heavy (non-hydrogen) atoms. The van der Waals surface area contributed by atoms with Gasteiger partial charge in [-0.2, -0.15) is 0 Å². The third-order valence-electron chi connectivity index (χ3n) is 3.35. The first-order chi connectivity index (χ1) is 6.90. The molecule has 0 unspecified atom stereocenters. The van der Waals surface area contributed by atoms with Crippen molar-refractivity contribution < 1.29 is 14.3 Å². The van der Waals surface area contributed by atoms with Crippen molar-refractivity contribution in [2.45, 2.75) is 40.5 Å². The predicted octanol–water partition coefficient (Wildman–Crippen LogP) is 2.19. The van der Waals surface area contributed by atoms with Crippen LogP contribution in [0.1, 0.15) is 40.5 Å². The van der Waals surface area contributed by atoms with Crippen LogP contribution in [0, 0.1) is 17.3 Å². The maximum absolute atomic E-state index is 12.0. The lowest BCUT2D eigenvalue weighted by molar-refractivity contribution is -0.151. The Labute approximate surface area is 91.2 Å². The molecule has 0 saturated heterocycles. The number of ketones is 1. The summed E-state index contributed by atoms with van der Waals surface area (Å²) in [5.74, 6) is -0.463. The van der Waals surface area contributed by atoms with Crippen LogP contribution in [0.25, 0.3) is 0 Å². The largest absolute Gasteiger partial charge is 0.466 e. The number of carbonyl (C=O) groups excluding carboxylic acids is 2. The van der Waals surface area contributed by atoms with Crippen molar-refractivity contribution in [1.29, 1.82) is 0 Å². The summed E-state index contributed by atoms with van der Waals surface area (Å²) in [6.45, 7) is 7.86. The molecule has 0 aromatic heterocycles. The number of esters is 1. The minimum atomic E-state index is -0.292. The fourth-order valence-corrected chi connectivity index (χ4v) is 2.19. The van der Waals surface area contributed by atoms with Gasteiger partial charge in [0.15, 0.2) is 0 Å². The Balaban J connectivity index is 2.67. The van der Waals surface area contributed by atoms with Crippen molar-refractivity contribution >= 4 is 11.8 Å². The van der Waals surface area contributed by atoms with Crippen LogP contribution < -0.4 is 0 Å². The standard InChI is InChI=1S/C12H20O3/c1-5-15-11(14)8(2)9-6-7-12(3,4)10(9)13/h8-9H,5-7H2,1-4H3/t8-,9+/m0/s1. The summed E-state index contributed by atoms with van der Waals surface area (Å²) < 4.78 is 4.94. The van der Waals surface area contributed by atoms with Crippen LogP contribution in [0.2, 0.25) is 0 Å². The zero-order chi connectivity index (χ0) is 11.6. The molecule has 2 atom stereocenters. The van der Waals surface area contributed by atoms with Crippen molar-refractivity contribution in [2.24, 2.45) is 17.3 Å². The summed E-state index contributed by atoms with van der Waals surface area (Å²) in [4.78, 5) is 23.5. The highest BCUT2D eigenvalue weighted by molar-refractivity contribution is 5.92. The average molecular weight is 212 g/mol. The molecule has 1 saturated carbocycles. The Hall–Kier alpha value is -0.860. The fourth-order valence-electron chi connectivity index (χ4n) is 2.19. The molecule has 86 valence electrons. The van der Waals surface area contributed by atoms with E-state index >= 15 is 0 Å². The average Bonchev–Trinajstić information content (AvgIpc) is 2.42. The molecule has 0 heterocycles. The second-order valence-corrected chi connectivity index (χ2v) is 4.93. The van der Waals surface area contributed by atoms with E-state index in [0.717, 1.165) is 12.8 Å². The molecule has 0 amide bonds. The van der Waals surface area contributed by atoms with Crippen molar-refractivity contribution in [3.8, 4) is 0 Å². The summed E-state index contributed by atoms with van der Waals surface area (Å²) >= 11 is 0. The Morgan fingerprint density at radius 1 is 1.60 bits per heavy atom. The van der Waals surface area contributed by atoms with Crippen LogP contribution in [0.4, 0.5) is 0 Å². The first kappa shape index (κ1) is 12.2. The van der Waals surface area contributed by atoms with Gasteiger partial charge in [0.1, 0.15) is 5.78 Å². The van der Waals surface area contributed by atoms with Crippen LogP contribution in [-0.2, 0) is 14.3 Å². The number of rotatable bonds is 3. The van der Waals surface area contributed by atoms with Gasteiger partial charge in [-0.15, -0.1) is 0 Å². The molecule has 0 aromatic rings. The normalized spacial score (nSPS) is 26.4. The van der Waals surface area contributed by atoms with E-state index < -0.39 is 0 Å². The van der Waals surface area contributed by atoms with E-state index in [2.05, 4.69) is 0 Å². The number of ether oxygens (including phenoxy) is 1. The smallest absolute Gasteiger partial charge is 0.309 e. The van der Waals surface area contributed by atoms with Crippen LogP contribution in [0.15, 0.2) is 0 Å². The SMILES string of the molecule is CCOC(=O)[C@@H](C)[C@H]1CCC(C)(C)C1=O. The highest BCUT2D eigenvalue weighted by Gasteiger charge is 2.44. The van der Waals surface area contributed by atoms with E-state index in [-0.39, 0.29) is 29.0 Å². The Bertz CT molecular complexity index is 268. The van der Waals surface area contributed by atoms with E-state index in [9.17, 15) is 9.59 Å². The molecular formula is C12H20O3. The number of carbonyl (C=O) groups is 2. The summed E-state index contributed by atoms with van der Waals surface area (Å²) in [5, 5.41) is 0. The first-order valence-corrected chi connectivity index (χ1v) is 5.61. The van der Waals surface area contributed by atoms with Crippen molar-refractivity contribution in [2.75, 3.05) is 6.61 Å². The lowest BCUT2D eigenvalue weighted by atomic mass is 9.85. The summed E-state index contributed by atoms with van der Waals surface area (Å²) in [5.41, 5.74) is -0.259. The van der Waals surface area contributed by atoms with Gasteiger partial charge in [-0.25, -0.2) is 0 Å². The molecule has 1 rings (SSSR count). The highest BCUT2D eigenvalue weighted by Crippen LogP contribution is 2.41. The lowest BCUT2D eigenvalue weighted by Gasteiger charge is -2.19. The number of hydrogen-bond acceptors (Lipinski definition) is 3. The quantitative estimate of drug-likeness (QED) is 0.673. The third-order valence-corrected chi connectivity index (χ3v) is 3.35. The number of hydrogen-bond donors (Lipinski definition) is 0. The molecule has 0 aromatic carbocycles. The molecule has 0 spiro atoms. The van der Waals surface area contributed by atoms with E-state index in [1.54, 1.807) is 13.8 Å². The minimum Gasteiger partial charge on any atom is -0.466 e. The van der Waals surface area contributed by atoms with E-state index in [1.807, 2.05) is 13.8 Å². The maximum Gasteiger partial charge on any atom is 0.309 e. The fraction of sp³-hybridized carbons (Fsp3) is 0.833. The van der Waals surface area contributed by atoms with Crippen molar-refractivity contribution in [1.82, 2.24) is 0 Å². The lowest BCUT2D eigenvalue weighted by Crippen LogP contribution is -2.30. The molecule has 1 aliphatic rings. The molecule has 0 N–H and O–H groups in total. The van der Waals surface area contributed by atoms with Gasteiger partial charge in [0.25, 0.3) is 0 Å². The van der Waals surface area contributed by atoms with Gasteiger partial charge >= 0.3 is 5.97 Å². The van der Waals surface area contributed by atoms with Gasteiger partial charge in [-0.3, -0.25) is 9.59 Å². The summed E-state index contributed by atoms with van der Waals surface area (Å²) in [6, 6.07) is 0. The molecular weight excluding hydrogens is 192 g/mol. The van der Waals surface area contributed by atoms with Gasteiger partial charge in [0, 0.05) is 11.3 Å². The van der Waals surface area contributed by atoms with Crippen LogP contribution in [0.3, 0.4) is 0 Å². The summed E-state index contributed by atoms with van der Waals surface area (Å²) in [6.07, 6.45) is 1.69. The maximum atomic E-state index is 12.0. The van der Waals surface area contributed by atoms with Gasteiger partial charge in [-0.05, 0) is 19.8 Å². The van der Waals surface area contributed by atoms with Crippen LogP contribution in [0.5, 0.6) is 0 Å². The van der Waals surface area contributed by atoms with Gasteiger partial charge in [0.2, 0.25) is 0 Å². The number of Topliss-reactive ketones (excluding diaryl/α,β-unsaturated/α-hetero) is 1. The predicted molar refractivity (Wildman–Crippen MR) is 57.3 cm³/mol. The zero-order valence-electron chi connectivity index (χ0n) is 10.0. The molecule has 0 aliphatic heterocycles.